The van der Waals surface area contributed by atoms with Gasteiger partial charge in [-0.25, -0.2) is 4.98 Å². The molecule has 5 nitrogen and oxygen atoms in total. The molecule has 0 bridgehead atoms. The summed E-state index contributed by atoms with van der Waals surface area (Å²) < 4.78 is 1.06. The normalized spacial score (nSPS) is 14.5. The molecule has 3 aromatic rings. The SMILES string of the molecule is Cc1sc(C2CCN(C(=O)c3ccc(NC(N)=S)cc3)CC2)nc1-c1ccc(Br)cc1. The Kier molecular flexibility index (Phi) is 6.69. The first kappa shape index (κ1) is 21.9. The Morgan fingerprint density at radius 2 is 1.81 bits per heavy atom. The number of aromatic nitrogens is 1. The van der Waals surface area contributed by atoms with Crippen molar-refractivity contribution in [3.05, 3.63) is 68.5 Å². The first-order valence-electron chi connectivity index (χ1n) is 10.1. The summed E-state index contributed by atoms with van der Waals surface area (Å²) in [4.78, 5) is 21.0. The molecular formula is C23H23BrN4OS2. The van der Waals surface area contributed by atoms with Gasteiger partial charge in [-0.05, 0) is 68.4 Å². The molecule has 8 heteroatoms. The van der Waals surface area contributed by atoms with E-state index >= 15 is 0 Å². The number of thiazole rings is 1. The lowest BCUT2D eigenvalue weighted by molar-refractivity contribution is 0.0713. The summed E-state index contributed by atoms with van der Waals surface area (Å²) >= 11 is 10.1. The molecule has 2 aromatic carbocycles. The predicted molar refractivity (Wildman–Crippen MR) is 135 cm³/mol. The van der Waals surface area contributed by atoms with E-state index in [1.54, 1.807) is 11.3 Å². The van der Waals surface area contributed by atoms with Crippen molar-refractivity contribution in [1.29, 1.82) is 0 Å². The molecule has 160 valence electrons. The van der Waals surface area contributed by atoms with E-state index in [1.165, 1.54) is 9.88 Å². The average molecular weight is 516 g/mol. The fourth-order valence-electron chi connectivity index (χ4n) is 3.82. The van der Waals surface area contributed by atoms with E-state index < -0.39 is 0 Å². The number of nitrogens with two attached hydrogens (primary N) is 1. The number of aryl methyl sites for hydroxylation is 1. The molecule has 1 aromatic heterocycles. The highest BCUT2D eigenvalue weighted by Crippen LogP contribution is 2.36. The number of rotatable bonds is 4. The van der Waals surface area contributed by atoms with Crippen LogP contribution in [0.5, 0.6) is 0 Å². The number of benzene rings is 2. The Balaban J connectivity index is 1.39. The van der Waals surface area contributed by atoms with E-state index in [-0.39, 0.29) is 11.0 Å². The molecule has 1 amide bonds. The number of carbonyl (C=O) groups is 1. The van der Waals surface area contributed by atoms with Crippen LogP contribution in [0.4, 0.5) is 5.69 Å². The van der Waals surface area contributed by atoms with Gasteiger partial charge in [0, 0.05) is 45.2 Å². The molecule has 0 radical (unpaired) electrons. The number of nitrogens with one attached hydrogen (secondary N) is 1. The molecule has 0 saturated carbocycles. The van der Waals surface area contributed by atoms with Gasteiger partial charge < -0.3 is 16.0 Å². The standard InChI is InChI=1S/C23H23BrN4OS2/c1-14-20(15-2-6-18(24)7-3-15)27-21(31-14)16-10-12-28(13-11-16)22(29)17-4-8-19(9-5-17)26-23(25)30/h2-9,16H,10-13H2,1H3,(H3,25,26,30). The summed E-state index contributed by atoms with van der Waals surface area (Å²) in [5.74, 6) is 0.459. The van der Waals surface area contributed by atoms with Crippen molar-refractivity contribution in [3.8, 4) is 11.3 Å². The van der Waals surface area contributed by atoms with Crippen LogP contribution in [0.25, 0.3) is 11.3 Å². The summed E-state index contributed by atoms with van der Waals surface area (Å²) in [7, 11) is 0. The summed E-state index contributed by atoms with van der Waals surface area (Å²) in [5, 5.41) is 4.26. The summed E-state index contributed by atoms with van der Waals surface area (Å²) in [6.07, 6.45) is 1.86. The van der Waals surface area contributed by atoms with Gasteiger partial charge >= 0.3 is 0 Å². The van der Waals surface area contributed by atoms with E-state index in [1.807, 2.05) is 41.3 Å². The molecule has 0 atom stereocenters. The topological polar surface area (TPSA) is 71.2 Å². The van der Waals surface area contributed by atoms with Crippen molar-refractivity contribution >= 4 is 56.2 Å². The number of hydrogen-bond acceptors (Lipinski definition) is 4. The maximum atomic E-state index is 12.9. The Hall–Kier alpha value is -2.29. The number of thiocarbonyl (C=S) groups is 1. The van der Waals surface area contributed by atoms with Gasteiger partial charge in [0.1, 0.15) is 0 Å². The molecule has 1 aliphatic rings. The second-order valence-electron chi connectivity index (χ2n) is 7.60. The van der Waals surface area contributed by atoms with Gasteiger partial charge in [0.2, 0.25) is 0 Å². The van der Waals surface area contributed by atoms with Gasteiger partial charge in [-0.1, -0.05) is 28.1 Å². The highest BCUT2D eigenvalue weighted by molar-refractivity contribution is 9.10. The Labute approximate surface area is 199 Å². The highest BCUT2D eigenvalue weighted by atomic mass is 79.9. The Morgan fingerprint density at radius 3 is 2.42 bits per heavy atom. The fourth-order valence-corrected chi connectivity index (χ4v) is 5.31. The van der Waals surface area contributed by atoms with Crippen LogP contribution in [-0.2, 0) is 0 Å². The van der Waals surface area contributed by atoms with Crippen LogP contribution in [0.1, 0.15) is 39.0 Å². The van der Waals surface area contributed by atoms with Crippen LogP contribution < -0.4 is 11.1 Å². The number of anilines is 1. The third-order valence-corrected chi connectivity index (χ3v) is 7.23. The van der Waals surface area contributed by atoms with Gasteiger partial charge in [0.15, 0.2) is 5.11 Å². The summed E-state index contributed by atoms with van der Waals surface area (Å²) in [6, 6.07) is 15.5. The van der Waals surface area contributed by atoms with E-state index in [9.17, 15) is 4.79 Å². The van der Waals surface area contributed by atoms with E-state index in [4.69, 9.17) is 22.9 Å². The van der Waals surface area contributed by atoms with Gasteiger partial charge in [-0.15, -0.1) is 11.3 Å². The number of piperidine rings is 1. The highest BCUT2D eigenvalue weighted by Gasteiger charge is 2.27. The van der Waals surface area contributed by atoms with Crippen LogP contribution in [0.15, 0.2) is 53.0 Å². The molecule has 1 saturated heterocycles. The number of carbonyl (C=O) groups excluding carboxylic acids is 1. The van der Waals surface area contributed by atoms with Crippen LogP contribution in [0.2, 0.25) is 0 Å². The first-order valence-corrected chi connectivity index (χ1v) is 12.1. The number of hydrogen-bond donors (Lipinski definition) is 2. The molecule has 0 aliphatic carbocycles. The number of likely N-dealkylation sites (tertiary alicyclic amines) is 1. The van der Waals surface area contributed by atoms with Crippen molar-refractivity contribution in [2.24, 2.45) is 5.73 Å². The molecule has 1 fully saturated rings. The zero-order valence-corrected chi connectivity index (χ0v) is 20.3. The zero-order chi connectivity index (χ0) is 22.0. The molecule has 0 spiro atoms. The molecule has 2 heterocycles. The molecule has 31 heavy (non-hydrogen) atoms. The van der Waals surface area contributed by atoms with Crippen molar-refractivity contribution in [2.45, 2.75) is 25.7 Å². The second-order valence-corrected chi connectivity index (χ2v) is 10.2. The lowest BCUT2D eigenvalue weighted by Gasteiger charge is -2.31. The fraction of sp³-hybridized carbons (Fsp3) is 0.261. The molecule has 0 unspecified atom stereocenters. The molecule has 4 rings (SSSR count). The van der Waals surface area contributed by atoms with Crippen molar-refractivity contribution in [1.82, 2.24) is 9.88 Å². The van der Waals surface area contributed by atoms with Crippen LogP contribution in [0.3, 0.4) is 0 Å². The average Bonchev–Trinajstić information content (AvgIpc) is 3.16. The quantitative estimate of drug-likeness (QED) is 0.446. The second kappa shape index (κ2) is 9.46. The van der Waals surface area contributed by atoms with Crippen molar-refractivity contribution in [3.63, 3.8) is 0 Å². The number of amides is 1. The van der Waals surface area contributed by atoms with Gasteiger partial charge in [0.25, 0.3) is 5.91 Å². The first-order chi connectivity index (χ1) is 14.9. The largest absolute Gasteiger partial charge is 0.376 e. The van der Waals surface area contributed by atoms with E-state index in [2.05, 4.69) is 40.3 Å². The number of nitrogens with zero attached hydrogens (tertiary/aromatic N) is 2. The minimum absolute atomic E-state index is 0.0613. The van der Waals surface area contributed by atoms with E-state index in [0.29, 0.717) is 11.5 Å². The monoisotopic (exact) mass is 514 g/mol. The summed E-state index contributed by atoms with van der Waals surface area (Å²) in [6.45, 7) is 3.61. The lowest BCUT2D eigenvalue weighted by atomic mass is 9.97. The van der Waals surface area contributed by atoms with E-state index in [0.717, 1.165) is 47.3 Å². The Morgan fingerprint density at radius 1 is 1.16 bits per heavy atom. The summed E-state index contributed by atoms with van der Waals surface area (Å²) in [5.41, 5.74) is 9.15. The third kappa shape index (κ3) is 5.14. The molecule has 1 aliphatic heterocycles. The number of halogens is 1. The minimum atomic E-state index is 0.0613. The lowest BCUT2D eigenvalue weighted by Crippen LogP contribution is -2.37. The zero-order valence-electron chi connectivity index (χ0n) is 17.1. The van der Waals surface area contributed by atoms with Crippen molar-refractivity contribution < 1.29 is 4.79 Å². The van der Waals surface area contributed by atoms with Gasteiger partial charge in [0.05, 0.1) is 10.7 Å². The van der Waals surface area contributed by atoms with Crippen molar-refractivity contribution in [2.75, 3.05) is 18.4 Å². The molecular weight excluding hydrogens is 492 g/mol. The third-order valence-electron chi connectivity index (χ3n) is 5.46. The Bertz CT molecular complexity index is 1090. The van der Waals surface area contributed by atoms with Gasteiger partial charge in [-0.2, -0.15) is 0 Å². The predicted octanol–water partition coefficient (Wildman–Crippen LogP) is 5.56. The van der Waals surface area contributed by atoms with Crippen LogP contribution in [0, 0.1) is 6.92 Å². The maximum absolute atomic E-state index is 12.9. The van der Waals surface area contributed by atoms with Gasteiger partial charge in [-0.3, -0.25) is 4.79 Å². The van der Waals surface area contributed by atoms with Crippen LogP contribution in [-0.4, -0.2) is 34.0 Å². The molecule has 3 N–H and O–H groups in total. The minimum Gasteiger partial charge on any atom is -0.376 e. The smallest absolute Gasteiger partial charge is 0.253 e. The van der Waals surface area contributed by atoms with Crippen LogP contribution >= 0.6 is 39.5 Å². The maximum Gasteiger partial charge on any atom is 0.253 e.